The Morgan fingerprint density at radius 1 is 0.746 bits per heavy atom. The molecule has 388 valence electrons. The molecule has 4 rings (SSSR count). The number of unbranched alkanes of at least 4 members (excludes halogenated alkanes) is 12. The van der Waals surface area contributed by atoms with Crippen molar-refractivity contribution in [3.8, 4) is 0 Å². The van der Waals surface area contributed by atoms with Crippen molar-refractivity contribution in [3.05, 3.63) is 11.6 Å². The van der Waals surface area contributed by atoms with Crippen LogP contribution in [0.25, 0.3) is 0 Å². The zero-order chi connectivity index (χ0) is 49.1. The summed E-state index contributed by atoms with van der Waals surface area (Å²) < 4.78 is 40.2. The number of hydrogen-bond acceptors (Lipinski definition) is 10. The number of hydrogen-bond donors (Lipinski definition) is 0. The summed E-state index contributed by atoms with van der Waals surface area (Å²) in [4.78, 5) is 51.5. The lowest BCUT2D eigenvalue weighted by atomic mass is 9.47. The van der Waals surface area contributed by atoms with E-state index in [9.17, 15) is 23.8 Å². The summed E-state index contributed by atoms with van der Waals surface area (Å²) in [6, 6.07) is 0. The molecule has 0 amide bonds. The summed E-state index contributed by atoms with van der Waals surface area (Å²) in [5.41, 5.74) is 2.02. The zero-order valence-electron chi connectivity index (χ0n) is 44.1. The number of esters is 3. The van der Waals surface area contributed by atoms with E-state index < -0.39 is 38.4 Å². The van der Waals surface area contributed by atoms with Crippen LogP contribution in [-0.4, -0.2) is 82.1 Å². The molecule has 0 aromatic heterocycles. The second kappa shape index (κ2) is 28.3. The molecule has 0 aromatic carbocycles. The van der Waals surface area contributed by atoms with Crippen LogP contribution >= 0.6 is 7.82 Å². The minimum atomic E-state index is -4.73. The molecular weight excluding hydrogens is 866 g/mol. The number of phosphoric acid groups is 1. The van der Waals surface area contributed by atoms with E-state index in [2.05, 4.69) is 47.6 Å². The Balaban J connectivity index is 1.20. The molecule has 2 unspecified atom stereocenters. The first kappa shape index (κ1) is 57.8. The van der Waals surface area contributed by atoms with Gasteiger partial charge in [0, 0.05) is 12.8 Å². The van der Waals surface area contributed by atoms with Crippen LogP contribution in [0.2, 0.25) is 0 Å². The fourth-order valence-corrected chi connectivity index (χ4v) is 13.5. The summed E-state index contributed by atoms with van der Waals surface area (Å²) >= 11 is 0. The Bertz CT molecular complexity index is 1580. The Morgan fingerprint density at radius 2 is 1.39 bits per heavy atom. The van der Waals surface area contributed by atoms with Crippen LogP contribution in [0.5, 0.6) is 0 Å². The summed E-state index contributed by atoms with van der Waals surface area (Å²) in [7, 11) is 1.00. The van der Waals surface area contributed by atoms with Gasteiger partial charge >= 0.3 is 17.9 Å². The summed E-state index contributed by atoms with van der Waals surface area (Å²) in [5.74, 6) is 2.95. The molecule has 4 aliphatic carbocycles. The van der Waals surface area contributed by atoms with Crippen LogP contribution in [0.1, 0.15) is 215 Å². The van der Waals surface area contributed by atoms with E-state index in [0.29, 0.717) is 28.8 Å². The van der Waals surface area contributed by atoms with Gasteiger partial charge in [0.15, 0.2) is 6.10 Å². The maximum atomic E-state index is 13.2. The lowest BCUT2D eigenvalue weighted by molar-refractivity contribution is -0.870. The average molecular weight is 964 g/mol. The Morgan fingerprint density at radius 3 is 2.03 bits per heavy atom. The van der Waals surface area contributed by atoms with Crippen molar-refractivity contribution in [1.82, 2.24) is 0 Å². The van der Waals surface area contributed by atoms with Gasteiger partial charge in [-0.25, -0.2) is 0 Å². The van der Waals surface area contributed by atoms with E-state index in [4.69, 9.17) is 23.3 Å². The molecule has 0 spiro atoms. The van der Waals surface area contributed by atoms with E-state index in [0.717, 1.165) is 74.5 Å². The van der Waals surface area contributed by atoms with E-state index in [1.165, 1.54) is 108 Å². The van der Waals surface area contributed by atoms with Crippen molar-refractivity contribution in [3.63, 3.8) is 0 Å². The fourth-order valence-electron chi connectivity index (χ4n) is 12.7. The van der Waals surface area contributed by atoms with Gasteiger partial charge in [-0.3, -0.25) is 18.9 Å². The lowest BCUT2D eigenvalue weighted by Gasteiger charge is -2.58. The van der Waals surface area contributed by atoms with Crippen LogP contribution in [0.3, 0.4) is 0 Å². The van der Waals surface area contributed by atoms with E-state index in [1.54, 1.807) is 0 Å². The molecule has 0 aliphatic heterocycles. The molecule has 4 aliphatic rings. The topological polar surface area (TPSA) is 137 Å². The number of quaternary nitrogens is 1. The standard InChI is InChI=1S/C55H98NO10P/c1-10-11-12-13-14-15-16-17-18-19-20-21-22-26-51(57)62-40-46(41-64-67(60,61)63-38-37-56(7,8)9)66-53(59)32-31-52(58)65-45-33-35-54(5)44(39-45)27-28-47-49-30-29-48(43(4)25-23-24-42(2)3)55(49,6)36-34-50(47)54/h27,42-43,45-50H,10-26,28-41H2,1-9H3/t43-,45?,46-,47+,48-,49+,50+,54+,55-/m1/s1. The number of rotatable bonds is 33. The second-order valence-electron chi connectivity index (χ2n) is 23.5. The number of ether oxygens (including phenoxy) is 3. The molecule has 11 nitrogen and oxygen atoms in total. The first-order valence-corrected chi connectivity index (χ1v) is 28.9. The maximum absolute atomic E-state index is 13.2. The smallest absolute Gasteiger partial charge is 0.306 e. The Kier molecular flexibility index (Phi) is 24.4. The highest BCUT2D eigenvalue weighted by molar-refractivity contribution is 7.45. The van der Waals surface area contributed by atoms with Crippen molar-refractivity contribution in [2.24, 2.45) is 46.3 Å². The quantitative estimate of drug-likeness (QED) is 0.0156. The largest absolute Gasteiger partial charge is 0.756 e. The monoisotopic (exact) mass is 964 g/mol. The maximum Gasteiger partial charge on any atom is 0.306 e. The summed E-state index contributed by atoms with van der Waals surface area (Å²) in [6.45, 7) is 14.0. The van der Waals surface area contributed by atoms with Crippen molar-refractivity contribution < 1.29 is 51.6 Å². The SMILES string of the molecule is CCCCCCCCCCCCCCCC(=O)OC[C@H](COP(=O)([O-])OCC[N+](C)(C)C)OC(=O)CCC(=O)OC1CC[C@@]2(C)C(=CC[C@H]3[C@@H]4CC[C@H]([C@H](C)CCCC(C)C)[C@@]4(C)CC[C@@H]32)C1. The average Bonchev–Trinajstić information content (AvgIpc) is 3.62. The van der Waals surface area contributed by atoms with Gasteiger partial charge in [-0.1, -0.05) is 150 Å². The lowest BCUT2D eigenvalue weighted by Crippen LogP contribution is -2.51. The van der Waals surface area contributed by atoms with Crippen LogP contribution in [0.4, 0.5) is 0 Å². The van der Waals surface area contributed by atoms with Gasteiger partial charge in [-0.15, -0.1) is 0 Å². The van der Waals surface area contributed by atoms with Crippen molar-refractivity contribution in [2.45, 2.75) is 227 Å². The van der Waals surface area contributed by atoms with Crippen molar-refractivity contribution in [1.29, 1.82) is 0 Å². The molecule has 10 atom stereocenters. The number of likely N-dealkylation sites (N-methyl/N-ethyl adjacent to an activating group) is 1. The normalized spacial score (nSPS) is 27.8. The molecule has 0 heterocycles. The Hall–Kier alpha value is -1.78. The minimum absolute atomic E-state index is 0.0812. The van der Waals surface area contributed by atoms with Gasteiger partial charge in [-0.05, 0) is 97.7 Å². The van der Waals surface area contributed by atoms with Gasteiger partial charge < -0.3 is 32.6 Å². The molecular formula is C55H98NO10P. The van der Waals surface area contributed by atoms with Gasteiger partial charge in [0.05, 0.1) is 40.6 Å². The van der Waals surface area contributed by atoms with E-state index in [-0.39, 0.29) is 44.0 Å². The van der Waals surface area contributed by atoms with Gasteiger partial charge in [0.1, 0.15) is 25.9 Å². The van der Waals surface area contributed by atoms with Crippen molar-refractivity contribution >= 4 is 25.7 Å². The molecule has 0 N–H and O–H groups in total. The fraction of sp³-hybridized carbons (Fsp3) is 0.909. The first-order valence-electron chi connectivity index (χ1n) is 27.4. The Labute approximate surface area is 408 Å². The van der Waals surface area contributed by atoms with Crippen LogP contribution in [-0.2, 0) is 42.2 Å². The number of allylic oxidation sites excluding steroid dienone is 1. The van der Waals surface area contributed by atoms with Crippen molar-refractivity contribution in [2.75, 3.05) is 47.5 Å². The number of carbonyl (C=O) groups excluding carboxylic acids is 3. The molecule has 0 saturated heterocycles. The minimum Gasteiger partial charge on any atom is -0.756 e. The molecule has 67 heavy (non-hydrogen) atoms. The molecule has 0 radical (unpaired) electrons. The second-order valence-corrected chi connectivity index (χ2v) is 24.9. The van der Waals surface area contributed by atoms with Crippen LogP contribution < -0.4 is 4.89 Å². The highest BCUT2D eigenvalue weighted by atomic mass is 31.2. The van der Waals surface area contributed by atoms with E-state index in [1.807, 2.05) is 21.1 Å². The molecule has 3 fully saturated rings. The zero-order valence-corrected chi connectivity index (χ0v) is 45.0. The van der Waals surface area contributed by atoms with Gasteiger partial charge in [0.25, 0.3) is 7.82 Å². The number of phosphoric ester groups is 1. The summed E-state index contributed by atoms with van der Waals surface area (Å²) in [5, 5.41) is 0. The number of carbonyl (C=O) groups is 3. The third-order valence-electron chi connectivity index (χ3n) is 16.7. The number of nitrogens with zero attached hydrogens (tertiary/aromatic N) is 1. The number of fused-ring (bicyclic) bond motifs is 5. The molecule has 3 saturated carbocycles. The predicted octanol–water partition coefficient (Wildman–Crippen LogP) is 12.9. The van der Waals surface area contributed by atoms with Gasteiger partial charge in [0.2, 0.25) is 0 Å². The third-order valence-corrected chi connectivity index (χ3v) is 17.7. The highest BCUT2D eigenvalue weighted by Gasteiger charge is 2.59. The summed E-state index contributed by atoms with van der Waals surface area (Å²) in [6.07, 6.45) is 29.5. The first-order chi connectivity index (χ1) is 31.8. The predicted molar refractivity (Wildman–Crippen MR) is 266 cm³/mol. The van der Waals surface area contributed by atoms with Gasteiger partial charge in [-0.2, -0.15) is 0 Å². The van der Waals surface area contributed by atoms with Crippen LogP contribution in [0, 0.1) is 46.3 Å². The molecule has 0 bridgehead atoms. The van der Waals surface area contributed by atoms with E-state index >= 15 is 0 Å². The molecule has 12 heteroatoms. The highest BCUT2D eigenvalue weighted by Crippen LogP contribution is 2.67. The third kappa shape index (κ3) is 19.4. The molecule has 0 aromatic rings. The van der Waals surface area contributed by atoms with Crippen LogP contribution in [0.15, 0.2) is 11.6 Å².